The molecule has 4 nitrogen and oxygen atoms in total. The van der Waals surface area contributed by atoms with E-state index in [4.69, 9.17) is 9.47 Å². The summed E-state index contributed by atoms with van der Waals surface area (Å²) >= 11 is 1.88. The fourth-order valence-corrected chi connectivity index (χ4v) is 2.87. The first-order valence-electron chi connectivity index (χ1n) is 6.15. The van der Waals surface area contributed by atoms with Gasteiger partial charge in [-0.05, 0) is 32.1 Å². The minimum absolute atomic E-state index is 0.170. The van der Waals surface area contributed by atoms with Gasteiger partial charge in [-0.3, -0.25) is 4.79 Å². The van der Waals surface area contributed by atoms with Crippen LogP contribution in [0.1, 0.15) is 26.7 Å². The number of carbonyl (C=O) groups excluding carboxylic acids is 1. The maximum Gasteiger partial charge on any atom is 0.325 e. The van der Waals surface area contributed by atoms with Crippen LogP contribution in [0.15, 0.2) is 0 Å². The van der Waals surface area contributed by atoms with Gasteiger partial charge in [-0.1, -0.05) is 6.92 Å². The van der Waals surface area contributed by atoms with Crippen LogP contribution in [-0.2, 0) is 14.3 Å². The largest absolute Gasteiger partial charge is 0.468 e. The molecule has 0 radical (unpaired) electrons. The lowest BCUT2D eigenvalue weighted by Gasteiger charge is -2.30. The lowest BCUT2D eigenvalue weighted by Crippen LogP contribution is -2.51. The van der Waals surface area contributed by atoms with E-state index in [1.807, 2.05) is 18.7 Å². The van der Waals surface area contributed by atoms with Crippen molar-refractivity contribution in [3.8, 4) is 0 Å². The third-order valence-corrected chi connectivity index (χ3v) is 4.15. The third kappa shape index (κ3) is 4.48. The second-order valence-electron chi connectivity index (χ2n) is 4.53. The number of ether oxygens (including phenoxy) is 2. The van der Waals surface area contributed by atoms with Gasteiger partial charge in [0.1, 0.15) is 5.54 Å². The molecule has 1 aliphatic heterocycles. The number of thioether (sulfide) groups is 1. The predicted molar refractivity (Wildman–Crippen MR) is 70.4 cm³/mol. The maximum atomic E-state index is 11.8. The number of carbonyl (C=O) groups is 1. The van der Waals surface area contributed by atoms with Crippen LogP contribution in [0, 0.1) is 0 Å². The zero-order chi connectivity index (χ0) is 12.7. The Kier molecular flexibility index (Phi) is 6.30. The Morgan fingerprint density at radius 2 is 2.29 bits per heavy atom. The van der Waals surface area contributed by atoms with Gasteiger partial charge < -0.3 is 14.8 Å². The molecule has 1 saturated heterocycles. The van der Waals surface area contributed by atoms with Crippen molar-refractivity contribution < 1.29 is 14.3 Å². The van der Waals surface area contributed by atoms with Gasteiger partial charge in [-0.25, -0.2) is 0 Å². The lowest BCUT2D eigenvalue weighted by atomic mass is 9.99. The summed E-state index contributed by atoms with van der Waals surface area (Å²) in [6.07, 6.45) is 1.80. The molecule has 0 aromatic rings. The van der Waals surface area contributed by atoms with Crippen LogP contribution >= 0.6 is 11.8 Å². The van der Waals surface area contributed by atoms with Gasteiger partial charge in [0.05, 0.1) is 25.6 Å². The summed E-state index contributed by atoms with van der Waals surface area (Å²) < 4.78 is 10.00. The number of nitrogens with one attached hydrogen (secondary N) is 1. The van der Waals surface area contributed by atoms with Crippen LogP contribution in [0.3, 0.4) is 0 Å². The summed E-state index contributed by atoms with van der Waals surface area (Å²) in [5.41, 5.74) is -0.553. The number of methoxy groups -OCH3 is 1. The summed E-state index contributed by atoms with van der Waals surface area (Å²) in [6.45, 7) is 6.55. The molecule has 5 heteroatoms. The van der Waals surface area contributed by atoms with E-state index in [1.54, 1.807) is 0 Å². The first-order valence-corrected chi connectivity index (χ1v) is 7.20. The number of hydrogen-bond acceptors (Lipinski definition) is 5. The Labute approximate surface area is 108 Å². The van der Waals surface area contributed by atoms with Crippen molar-refractivity contribution in [1.82, 2.24) is 5.32 Å². The average Bonchev–Trinajstić information content (AvgIpc) is 2.28. The molecule has 1 unspecified atom stereocenters. The molecule has 1 fully saturated rings. The summed E-state index contributed by atoms with van der Waals surface area (Å²) in [5, 5.41) is 3.90. The van der Waals surface area contributed by atoms with Crippen molar-refractivity contribution in [2.24, 2.45) is 0 Å². The van der Waals surface area contributed by atoms with Gasteiger partial charge in [0.25, 0.3) is 0 Å². The van der Waals surface area contributed by atoms with E-state index in [0.29, 0.717) is 5.25 Å². The third-order valence-electron chi connectivity index (χ3n) is 2.96. The Balaban J connectivity index is 2.35. The predicted octanol–water partition coefficient (Wildman–Crippen LogP) is 1.44. The van der Waals surface area contributed by atoms with Gasteiger partial charge in [-0.15, -0.1) is 0 Å². The van der Waals surface area contributed by atoms with E-state index in [-0.39, 0.29) is 5.97 Å². The molecule has 17 heavy (non-hydrogen) atoms. The molecule has 1 rings (SSSR count). The van der Waals surface area contributed by atoms with E-state index in [1.165, 1.54) is 7.11 Å². The van der Waals surface area contributed by atoms with E-state index in [9.17, 15) is 4.79 Å². The first kappa shape index (κ1) is 14.8. The maximum absolute atomic E-state index is 11.8. The molecule has 1 aliphatic rings. The van der Waals surface area contributed by atoms with Gasteiger partial charge >= 0.3 is 5.97 Å². The van der Waals surface area contributed by atoms with E-state index in [2.05, 4.69) is 12.2 Å². The topological polar surface area (TPSA) is 47.6 Å². The van der Waals surface area contributed by atoms with Crippen LogP contribution in [-0.4, -0.2) is 49.4 Å². The Bertz CT molecular complexity index is 246. The summed E-state index contributed by atoms with van der Waals surface area (Å²) in [4.78, 5) is 11.8. The molecule has 0 spiro atoms. The molecule has 1 atom stereocenters. The number of rotatable bonds is 8. The zero-order valence-electron chi connectivity index (χ0n) is 11.0. The number of esters is 1. The first-order chi connectivity index (χ1) is 8.12. The average molecular weight is 261 g/mol. The minimum Gasteiger partial charge on any atom is -0.468 e. The van der Waals surface area contributed by atoms with Gasteiger partial charge in [0.15, 0.2) is 0 Å². The smallest absolute Gasteiger partial charge is 0.325 e. The van der Waals surface area contributed by atoms with E-state index < -0.39 is 5.54 Å². The van der Waals surface area contributed by atoms with Crippen molar-refractivity contribution in [2.45, 2.75) is 37.5 Å². The second kappa shape index (κ2) is 7.24. The summed E-state index contributed by atoms with van der Waals surface area (Å²) in [6, 6.07) is 0. The van der Waals surface area contributed by atoms with Crippen molar-refractivity contribution in [2.75, 3.05) is 32.6 Å². The highest BCUT2D eigenvalue weighted by atomic mass is 32.2. The molecule has 0 aromatic carbocycles. The summed E-state index contributed by atoms with van der Waals surface area (Å²) in [7, 11) is 1.45. The molecule has 0 saturated carbocycles. The van der Waals surface area contributed by atoms with Gasteiger partial charge in [0, 0.05) is 0 Å². The molecule has 0 amide bonds. The molecule has 1 N–H and O–H groups in total. The minimum atomic E-state index is -0.553. The molecule has 0 aromatic heterocycles. The number of hydrogen-bond donors (Lipinski definition) is 1. The monoisotopic (exact) mass is 261 g/mol. The van der Waals surface area contributed by atoms with Crippen LogP contribution in [0.25, 0.3) is 0 Å². The standard InChI is InChI=1S/C12H23NO3S/c1-4-6-13-12(2,11(14)15-3)5-7-17-10-8-16-9-10/h10,13H,4-9H2,1-3H3. The Morgan fingerprint density at radius 1 is 1.59 bits per heavy atom. The van der Waals surface area contributed by atoms with Crippen molar-refractivity contribution in [3.63, 3.8) is 0 Å². The molecule has 0 aliphatic carbocycles. The molecular formula is C12H23NO3S. The summed E-state index contributed by atoms with van der Waals surface area (Å²) in [5.74, 6) is 0.785. The lowest BCUT2D eigenvalue weighted by molar-refractivity contribution is -0.148. The highest BCUT2D eigenvalue weighted by Gasteiger charge is 2.33. The fraction of sp³-hybridized carbons (Fsp3) is 0.917. The highest BCUT2D eigenvalue weighted by molar-refractivity contribution is 8.00. The highest BCUT2D eigenvalue weighted by Crippen LogP contribution is 2.23. The van der Waals surface area contributed by atoms with Gasteiger partial charge in [0.2, 0.25) is 0 Å². The molecule has 0 bridgehead atoms. The van der Waals surface area contributed by atoms with Crippen molar-refractivity contribution in [1.29, 1.82) is 0 Å². The van der Waals surface area contributed by atoms with E-state index in [0.717, 1.165) is 38.4 Å². The normalized spacial score (nSPS) is 19.5. The molecular weight excluding hydrogens is 238 g/mol. The SMILES string of the molecule is CCCNC(C)(CCSC1COC1)C(=O)OC. The van der Waals surface area contributed by atoms with Crippen LogP contribution in [0.5, 0.6) is 0 Å². The van der Waals surface area contributed by atoms with Crippen LogP contribution < -0.4 is 5.32 Å². The molecule has 1 heterocycles. The van der Waals surface area contributed by atoms with Crippen molar-refractivity contribution in [3.05, 3.63) is 0 Å². The molecule has 100 valence electrons. The van der Waals surface area contributed by atoms with Gasteiger partial charge in [-0.2, -0.15) is 11.8 Å². The Morgan fingerprint density at radius 3 is 2.76 bits per heavy atom. The van der Waals surface area contributed by atoms with Crippen LogP contribution in [0.2, 0.25) is 0 Å². The van der Waals surface area contributed by atoms with Crippen molar-refractivity contribution >= 4 is 17.7 Å². The fourth-order valence-electron chi connectivity index (χ4n) is 1.63. The van der Waals surface area contributed by atoms with Crippen LogP contribution in [0.4, 0.5) is 0 Å². The van der Waals surface area contributed by atoms with E-state index >= 15 is 0 Å². The zero-order valence-corrected chi connectivity index (χ0v) is 11.8. The quantitative estimate of drug-likeness (QED) is 0.670. The Hall–Kier alpha value is -0.260. The second-order valence-corrected chi connectivity index (χ2v) is 5.94.